The van der Waals surface area contributed by atoms with E-state index in [4.69, 9.17) is 9.47 Å². The SMILES string of the molecule is COc1cc(C(=O)NNS(=O)(=O)c2ccc(C(C)C)cc2)ccc1OC(C)C. The van der Waals surface area contributed by atoms with Crippen LogP contribution >= 0.6 is 0 Å². The highest BCUT2D eigenvalue weighted by atomic mass is 32.2. The van der Waals surface area contributed by atoms with Crippen molar-refractivity contribution >= 4 is 15.9 Å². The van der Waals surface area contributed by atoms with Gasteiger partial charge in [-0.25, -0.2) is 8.42 Å². The molecule has 2 rings (SSSR count). The fourth-order valence-electron chi connectivity index (χ4n) is 2.44. The molecule has 28 heavy (non-hydrogen) atoms. The maximum Gasteiger partial charge on any atom is 0.266 e. The molecule has 0 spiro atoms. The van der Waals surface area contributed by atoms with Crippen molar-refractivity contribution in [2.45, 2.75) is 44.6 Å². The summed E-state index contributed by atoms with van der Waals surface area (Å²) < 4.78 is 35.6. The van der Waals surface area contributed by atoms with Gasteiger partial charge in [-0.2, -0.15) is 0 Å². The first-order chi connectivity index (χ1) is 13.1. The van der Waals surface area contributed by atoms with Crippen LogP contribution in [-0.2, 0) is 10.0 Å². The molecule has 0 aliphatic rings. The number of rotatable bonds is 8. The van der Waals surface area contributed by atoms with Gasteiger partial charge >= 0.3 is 0 Å². The summed E-state index contributed by atoms with van der Waals surface area (Å²) in [5, 5.41) is 0. The second kappa shape index (κ2) is 9.07. The molecule has 0 atom stereocenters. The number of carbonyl (C=O) groups is 1. The average Bonchev–Trinajstić information content (AvgIpc) is 2.66. The Morgan fingerprint density at radius 3 is 2.14 bits per heavy atom. The van der Waals surface area contributed by atoms with Gasteiger partial charge in [0.2, 0.25) is 0 Å². The van der Waals surface area contributed by atoms with Gasteiger partial charge in [-0.05, 0) is 55.7 Å². The summed E-state index contributed by atoms with van der Waals surface area (Å²) in [6.45, 7) is 7.80. The van der Waals surface area contributed by atoms with Crippen molar-refractivity contribution in [1.29, 1.82) is 0 Å². The second-order valence-corrected chi connectivity index (χ2v) is 8.50. The zero-order valence-electron chi connectivity index (χ0n) is 16.6. The summed E-state index contributed by atoms with van der Waals surface area (Å²) >= 11 is 0. The molecular formula is C20H26N2O5S. The maximum atomic E-state index is 12.4. The molecule has 0 aromatic heterocycles. The zero-order chi connectivity index (χ0) is 20.9. The van der Waals surface area contributed by atoms with E-state index in [9.17, 15) is 13.2 Å². The third-order valence-corrected chi connectivity index (χ3v) is 5.21. The van der Waals surface area contributed by atoms with E-state index in [1.54, 1.807) is 18.2 Å². The number of hydrazine groups is 1. The Kier molecular flexibility index (Phi) is 7.04. The van der Waals surface area contributed by atoms with Gasteiger partial charge in [-0.3, -0.25) is 10.2 Å². The van der Waals surface area contributed by atoms with Gasteiger partial charge in [-0.15, -0.1) is 4.83 Å². The van der Waals surface area contributed by atoms with Crippen molar-refractivity contribution in [3.8, 4) is 11.5 Å². The fraction of sp³-hybridized carbons (Fsp3) is 0.350. The second-order valence-electron chi connectivity index (χ2n) is 6.82. The predicted octanol–water partition coefficient (Wildman–Crippen LogP) is 3.23. The van der Waals surface area contributed by atoms with E-state index in [1.165, 1.54) is 31.4 Å². The largest absolute Gasteiger partial charge is 0.493 e. The van der Waals surface area contributed by atoms with Crippen molar-refractivity contribution in [1.82, 2.24) is 10.3 Å². The topological polar surface area (TPSA) is 93.7 Å². The van der Waals surface area contributed by atoms with Crippen LogP contribution in [0.2, 0.25) is 0 Å². The standard InChI is InChI=1S/C20H26N2O5S/c1-13(2)15-6-9-17(10-7-15)28(24,25)22-21-20(23)16-8-11-18(27-14(3)4)19(12-16)26-5/h6-14,22H,1-5H3,(H,21,23). The van der Waals surface area contributed by atoms with Gasteiger partial charge < -0.3 is 9.47 Å². The van der Waals surface area contributed by atoms with Gasteiger partial charge in [0.15, 0.2) is 11.5 Å². The first-order valence-electron chi connectivity index (χ1n) is 8.91. The van der Waals surface area contributed by atoms with Crippen LogP contribution in [0.1, 0.15) is 49.5 Å². The Labute approximate surface area is 166 Å². The van der Waals surface area contributed by atoms with Crippen molar-refractivity contribution in [3.63, 3.8) is 0 Å². The van der Waals surface area contributed by atoms with E-state index in [2.05, 4.69) is 10.3 Å². The Balaban J connectivity index is 2.10. The van der Waals surface area contributed by atoms with Crippen LogP contribution < -0.4 is 19.7 Å². The highest BCUT2D eigenvalue weighted by molar-refractivity contribution is 7.89. The minimum atomic E-state index is -3.88. The average molecular weight is 407 g/mol. The van der Waals surface area contributed by atoms with Crippen LogP contribution in [0.3, 0.4) is 0 Å². The molecule has 0 radical (unpaired) electrons. The Hall–Kier alpha value is -2.58. The highest BCUT2D eigenvalue weighted by Gasteiger charge is 2.17. The molecule has 0 aliphatic carbocycles. The number of benzene rings is 2. The molecule has 152 valence electrons. The molecule has 0 fully saturated rings. The maximum absolute atomic E-state index is 12.4. The highest BCUT2D eigenvalue weighted by Crippen LogP contribution is 2.29. The molecule has 8 heteroatoms. The van der Waals surface area contributed by atoms with Gasteiger partial charge in [0.25, 0.3) is 15.9 Å². The molecule has 0 aliphatic heterocycles. The summed E-state index contributed by atoms with van der Waals surface area (Å²) in [5.74, 6) is 0.562. The van der Waals surface area contributed by atoms with E-state index < -0.39 is 15.9 Å². The predicted molar refractivity (Wildman–Crippen MR) is 107 cm³/mol. The molecule has 2 N–H and O–H groups in total. The van der Waals surface area contributed by atoms with Gasteiger partial charge in [0.05, 0.1) is 18.1 Å². The van der Waals surface area contributed by atoms with Crippen LogP contribution in [0.25, 0.3) is 0 Å². The van der Waals surface area contributed by atoms with E-state index in [-0.39, 0.29) is 16.6 Å². The molecule has 2 aromatic carbocycles. The van der Waals surface area contributed by atoms with Crippen LogP contribution in [0.15, 0.2) is 47.4 Å². The summed E-state index contributed by atoms with van der Waals surface area (Å²) in [4.78, 5) is 14.5. The van der Waals surface area contributed by atoms with E-state index >= 15 is 0 Å². The van der Waals surface area contributed by atoms with Crippen molar-refractivity contribution in [3.05, 3.63) is 53.6 Å². The molecular weight excluding hydrogens is 380 g/mol. The molecule has 0 bridgehead atoms. The number of methoxy groups -OCH3 is 1. The Morgan fingerprint density at radius 2 is 1.61 bits per heavy atom. The number of carbonyl (C=O) groups excluding carboxylic acids is 1. The van der Waals surface area contributed by atoms with Crippen LogP contribution in [-0.4, -0.2) is 27.5 Å². The Morgan fingerprint density at radius 1 is 0.964 bits per heavy atom. The third-order valence-electron chi connectivity index (χ3n) is 3.94. The fourth-order valence-corrected chi connectivity index (χ4v) is 3.28. The third kappa shape index (κ3) is 5.46. The van der Waals surface area contributed by atoms with Crippen molar-refractivity contribution in [2.24, 2.45) is 0 Å². The Bertz CT molecular complexity index is 922. The molecule has 0 heterocycles. The van der Waals surface area contributed by atoms with Crippen LogP contribution in [0, 0.1) is 0 Å². The summed E-state index contributed by atoms with van der Waals surface area (Å²) in [5.41, 5.74) is 3.47. The number of nitrogens with one attached hydrogen (secondary N) is 2. The molecule has 2 aromatic rings. The molecule has 1 amide bonds. The van der Waals surface area contributed by atoms with Crippen LogP contribution in [0.4, 0.5) is 0 Å². The number of ether oxygens (including phenoxy) is 2. The van der Waals surface area contributed by atoms with Gasteiger partial charge in [0, 0.05) is 5.56 Å². The lowest BCUT2D eigenvalue weighted by molar-refractivity contribution is 0.0944. The molecule has 0 saturated heterocycles. The number of hydrogen-bond acceptors (Lipinski definition) is 5. The summed E-state index contributed by atoms with van der Waals surface area (Å²) in [6, 6.07) is 11.1. The normalized spacial score (nSPS) is 11.5. The zero-order valence-corrected chi connectivity index (χ0v) is 17.5. The lowest BCUT2D eigenvalue weighted by Crippen LogP contribution is -2.41. The first kappa shape index (κ1) is 21.7. The van der Waals surface area contributed by atoms with E-state index in [0.29, 0.717) is 17.4 Å². The minimum Gasteiger partial charge on any atom is -0.493 e. The number of amides is 1. The lowest BCUT2D eigenvalue weighted by Gasteiger charge is -2.14. The molecule has 0 unspecified atom stereocenters. The van der Waals surface area contributed by atoms with Gasteiger partial charge in [-0.1, -0.05) is 26.0 Å². The minimum absolute atomic E-state index is 0.0533. The van der Waals surface area contributed by atoms with Crippen molar-refractivity contribution in [2.75, 3.05) is 7.11 Å². The van der Waals surface area contributed by atoms with Crippen molar-refractivity contribution < 1.29 is 22.7 Å². The summed E-state index contributed by atoms with van der Waals surface area (Å²) in [6.07, 6.45) is -0.0533. The molecule has 0 saturated carbocycles. The lowest BCUT2D eigenvalue weighted by atomic mass is 10.0. The summed E-state index contributed by atoms with van der Waals surface area (Å²) in [7, 11) is -2.42. The van der Waals surface area contributed by atoms with Gasteiger partial charge in [0.1, 0.15) is 0 Å². The molecule has 7 nitrogen and oxygen atoms in total. The monoisotopic (exact) mass is 406 g/mol. The van der Waals surface area contributed by atoms with E-state index in [1.807, 2.05) is 27.7 Å². The first-order valence-corrected chi connectivity index (χ1v) is 10.4. The van der Waals surface area contributed by atoms with E-state index in [0.717, 1.165) is 5.56 Å². The smallest absolute Gasteiger partial charge is 0.266 e. The van der Waals surface area contributed by atoms with Crippen LogP contribution in [0.5, 0.6) is 11.5 Å². The number of hydrogen-bond donors (Lipinski definition) is 2. The number of sulfonamides is 1. The quantitative estimate of drug-likeness (QED) is 0.657.